The third kappa shape index (κ3) is 2.38. The summed E-state index contributed by atoms with van der Waals surface area (Å²) in [6, 6.07) is 4.19. The molecule has 7 nitrogen and oxygen atoms in total. The van der Waals surface area contributed by atoms with Crippen molar-refractivity contribution in [3.63, 3.8) is 0 Å². The Morgan fingerprint density at radius 1 is 1.38 bits per heavy atom. The smallest absolute Gasteiger partial charge is 0.335 e. The number of aryl methyl sites for hydroxylation is 1. The number of aromatic carboxylic acids is 1. The number of halogens is 1. The summed E-state index contributed by atoms with van der Waals surface area (Å²) in [4.78, 5) is 15.0. The van der Waals surface area contributed by atoms with Gasteiger partial charge in [-0.3, -0.25) is 4.40 Å². The van der Waals surface area contributed by atoms with E-state index >= 15 is 0 Å². The van der Waals surface area contributed by atoms with Gasteiger partial charge in [0.15, 0.2) is 0 Å². The second-order valence-corrected chi connectivity index (χ2v) is 4.63. The standard InChI is InChI=1S/C13H9ClN4O3/c1-7-16-17-11-12(15-4-5-18(7)11)21-10-3-2-8(13(19)20)6-9(10)14/h2-6H,1H3,(H,19,20). The zero-order valence-corrected chi connectivity index (χ0v) is 11.6. The summed E-state index contributed by atoms with van der Waals surface area (Å²) in [5, 5.41) is 17.0. The Hall–Kier alpha value is -2.67. The maximum Gasteiger partial charge on any atom is 0.335 e. The van der Waals surface area contributed by atoms with Crippen molar-refractivity contribution in [3.8, 4) is 11.6 Å². The van der Waals surface area contributed by atoms with Crippen molar-refractivity contribution in [2.24, 2.45) is 0 Å². The number of fused-ring (bicyclic) bond motifs is 1. The lowest BCUT2D eigenvalue weighted by molar-refractivity contribution is 0.0697. The largest absolute Gasteiger partial charge is 0.478 e. The topological polar surface area (TPSA) is 89.6 Å². The van der Waals surface area contributed by atoms with Crippen LogP contribution in [0.5, 0.6) is 11.6 Å². The van der Waals surface area contributed by atoms with Gasteiger partial charge in [-0.2, -0.15) is 0 Å². The summed E-state index contributed by atoms with van der Waals surface area (Å²) in [6.07, 6.45) is 3.27. The quantitative estimate of drug-likeness (QED) is 0.800. The van der Waals surface area contributed by atoms with Gasteiger partial charge in [-0.15, -0.1) is 10.2 Å². The molecule has 0 aliphatic rings. The lowest BCUT2D eigenvalue weighted by atomic mass is 10.2. The Labute approximate surface area is 123 Å². The predicted molar refractivity (Wildman–Crippen MR) is 74.0 cm³/mol. The van der Waals surface area contributed by atoms with Gasteiger partial charge >= 0.3 is 5.97 Å². The summed E-state index contributed by atoms with van der Waals surface area (Å²) in [6.45, 7) is 1.80. The molecule has 0 unspecified atom stereocenters. The first kappa shape index (κ1) is 13.3. The van der Waals surface area contributed by atoms with Crippen LogP contribution in [0, 0.1) is 6.92 Å². The van der Waals surface area contributed by atoms with Crippen LogP contribution in [0.2, 0.25) is 5.02 Å². The van der Waals surface area contributed by atoms with Crippen LogP contribution >= 0.6 is 11.6 Å². The van der Waals surface area contributed by atoms with E-state index in [1.165, 1.54) is 18.2 Å². The van der Waals surface area contributed by atoms with Gasteiger partial charge in [-0.05, 0) is 25.1 Å². The van der Waals surface area contributed by atoms with Crippen LogP contribution in [-0.4, -0.2) is 30.7 Å². The van der Waals surface area contributed by atoms with E-state index in [1.54, 1.807) is 23.7 Å². The molecule has 21 heavy (non-hydrogen) atoms. The fraction of sp³-hybridized carbons (Fsp3) is 0.0769. The molecule has 0 amide bonds. The fourth-order valence-corrected chi connectivity index (χ4v) is 2.03. The highest BCUT2D eigenvalue weighted by atomic mass is 35.5. The molecule has 106 valence electrons. The first-order chi connectivity index (χ1) is 10.1. The molecule has 0 atom stereocenters. The minimum atomic E-state index is -1.06. The van der Waals surface area contributed by atoms with E-state index in [2.05, 4.69) is 15.2 Å². The highest BCUT2D eigenvalue weighted by Crippen LogP contribution is 2.30. The number of carboxylic acids is 1. The second-order valence-electron chi connectivity index (χ2n) is 4.23. The Balaban J connectivity index is 2.01. The molecule has 8 heteroatoms. The number of nitrogens with zero attached hydrogens (tertiary/aromatic N) is 4. The Bertz CT molecular complexity index is 847. The molecule has 0 spiro atoms. The Morgan fingerprint density at radius 2 is 2.19 bits per heavy atom. The van der Waals surface area contributed by atoms with E-state index in [1.807, 2.05) is 0 Å². The Morgan fingerprint density at radius 3 is 2.90 bits per heavy atom. The van der Waals surface area contributed by atoms with Crippen LogP contribution in [0.25, 0.3) is 5.65 Å². The second kappa shape index (κ2) is 5.02. The average Bonchev–Trinajstić information content (AvgIpc) is 2.84. The molecule has 0 saturated carbocycles. The van der Waals surface area contributed by atoms with Gasteiger partial charge in [0, 0.05) is 12.4 Å². The van der Waals surface area contributed by atoms with Gasteiger partial charge in [-0.25, -0.2) is 9.78 Å². The first-order valence-electron chi connectivity index (χ1n) is 5.93. The SMILES string of the molecule is Cc1nnc2c(Oc3ccc(C(=O)O)cc3Cl)nccn12. The number of ether oxygens (including phenoxy) is 1. The zero-order valence-electron chi connectivity index (χ0n) is 10.8. The highest BCUT2D eigenvalue weighted by Gasteiger charge is 2.13. The van der Waals surface area contributed by atoms with Crippen molar-refractivity contribution in [2.45, 2.75) is 6.92 Å². The van der Waals surface area contributed by atoms with Gasteiger partial charge in [0.1, 0.15) is 11.6 Å². The molecule has 0 saturated heterocycles. The summed E-state index contributed by atoms with van der Waals surface area (Å²) in [5.41, 5.74) is 0.533. The monoisotopic (exact) mass is 304 g/mol. The van der Waals surface area contributed by atoms with Gasteiger partial charge in [0.25, 0.3) is 5.88 Å². The minimum Gasteiger partial charge on any atom is -0.478 e. The van der Waals surface area contributed by atoms with Crippen LogP contribution in [0.1, 0.15) is 16.2 Å². The molecule has 0 bridgehead atoms. The molecule has 0 radical (unpaired) electrons. The number of carbonyl (C=O) groups is 1. The molecule has 3 rings (SSSR count). The molecular formula is C13H9ClN4O3. The van der Waals surface area contributed by atoms with Crippen LogP contribution in [-0.2, 0) is 0 Å². The fourth-order valence-electron chi connectivity index (χ4n) is 1.81. The lowest BCUT2D eigenvalue weighted by Gasteiger charge is -2.07. The van der Waals surface area contributed by atoms with E-state index in [0.717, 1.165) is 0 Å². The van der Waals surface area contributed by atoms with Crippen LogP contribution in [0.3, 0.4) is 0 Å². The van der Waals surface area contributed by atoms with Crippen molar-refractivity contribution in [2.75, 3.05) is 0 Å². The van der Waals surface area contributed by atoms with Gasteiger partial charge in [-0.1, -0.05) is 11.6 Å². The first-order valence-corrected chi connectivity index (χ1v) is 6.31. The molecule has 1 aromatic carbocycles. The third-order valence-electron chi connectivity index (χ3n) is 2.85. The van der Waals surface area contributed by atoms with Crippen LogP contribution in [0.15, 0.2) is 30.6 Å². The summed E-state index contributed by atoms with van der Waals surface area (Å²) < 4.78 is 7.34. The van der Waals surface area contributed by atoms with Gasteiger partial charge in [0.05, 0.1) is 10.6 Å². The maximum absolute atomic E-state index is 10.9. The number of carboxylic acid groups (broad SMARTS) is 1. The van der Waals surface area contributed by atoms with Gasteiger partial charge < -0.3 is 9.84 Å². The summed E-state index contributed by atoms with van der Waals surface area (Å²) >= 11 is 6.02. The number of hydrogen-bond acceptors (Lipinski definition) is 5. The molecule has 3 aromatic rings. The molecule has 0 aliphatic heterocycles. The van der Waals surface area contributed by atoms with E-state index in [-0.39, 0.29) is 16.5 Å². The predicted octanol–water partition coefficient (Wildman–Crippen LogP) is 2.58. The Kier molecular flexibility index (Phi) is 3.19. The van der Waals surface area contributed by atoms with Crippen molar-refractivity contribution in [1.82, 2.24) is 19.6 Å². The third-order valence-corrected chi connectivity index (χ3v) is 3.15. The van der Waals surface area contributed by atoms with E-state index in [0.29, 0.717) is 17.2 Å². The van der Waals surface area contributed by atoms with Crippen molar-refractivity contribution in [3.05, 3.63) is 47.0 Å². The summed E-state index contributed by atoms with van der Waals surface area (Å²) in [7, 11) is 0. The van der Waals surface area contributed by atoms with E-state index in [4.69, 9.17) is 21.4 Å². The number of benzene rings is 1. The maximum atomic E-state index is 10.9. The molecule has 2 aromatic heterocycles. The van der Waals surface area contributed by atoms with Crippen LogP contribution in [0.4, 0.5) is 0 Å². The zero-order chi connectivity index (χ0) is 15.0. The van der Waals surface area contributed by atoms with E-state index in [9.17, 15) is 4.79 Å². The van der Waals surface area contributed by atoms with Crippen LogP contribution < -0.4 is 4.74 Å². The van der Waals surface area contributed by atoms with Crippen molar-refractivity contribution in [1.29, 1.82) is 0 Å². The molecule has 2 heterocycles. The van der Waals surface area contributed by atoms with Crippen molar-refractivity contribution < 1.29 is 14.6 Å². The number of hydrogen-bond donors (Lipinski definition) is 1. The molecule has 0 fully saturated rings. The molecular weight excluding hydrogens is 296 g/mol. The lowest BCUT2D eigenvalue weighted by Crippen LogP contribution is -1.98. The number of aromatic nitrogens is 4. The average molecular weight is 305 g/mol. The summed E-state index contributed by atoms with van der Waals surface area (Å²) in [5.74, 6) is 0.173. The normalized spacial score (nSPS) is 10.8. The molecule has 0 aliphatic carbocycles. The van der Waals surface area contributed by atoms with E-state index < -0.39 is 5.97 Å². The minimum absolute atomic E-state index is 0.0804. The van der Waals surface area contributed by atoms with Gasteiger partial charge in [0.2, 0.25) is 5.65 Å². The molecule has 1 N–H and O–H groups in total. The van der Waals surface area contributed by atoms with Crippen molar-refractivity contribution >= 4 is 23.2 Å². The highest BCUT2D eigenvalue weighted by molar-refractivity contribution is 6.32. The number of rotatable bonds is 3.